The molecule has 2 aromatic heterocycles. The van der Waals surface area contributed by atoms with E-state index >= 15 is 0 Å². The van der Waals surface area contributed by atoms with Crippen LogP contribution in [-0.2, 0) is 19.1 Å². The van der Waals surface area contributed by atoms with Gasteiger partial charge in [-0.1, -0.05) is 75.9 Å². The summed E-state index contributed by atoms with van der Waals surface area (Å²) >= 11 is 0. The quantitative estimate of drug-likeness (QED) is 0.0220. The van der Waals surface area contributed by atoms with Crippen molar-refractivity contribution < 1.29 is 47.6 Å². The molecule has 5 aromatic rings. The van der Waals surface area contributed by atoms with Gasteiger partial charge in [0.1, 0.15) is 0 Å². The Morgan fingerprint density at radius 2 is 0.906 bits per heavy atom. The van der Waals surface area contributed by atoms with Gasteiger partial charge >= 0.3 is 23.9 Å². The zero-order valence-corrected chi connectivity index (χ0v) is 35.4. The first-order valence-electron chi connectivity index (χ1n) is 20.9. The number of unbranched alkanes of at least 4 members (excludes halogenated alkanes) is 8. The highest BCUT2D eigenvalue weighted by molar-refractivity contribution is 5.94. The Morgan fingerprint density at radius 1 is 0.516 bits per heavy atom. The molecule has 0 fully saturated rings. The molecule has 0 radical (unpaired) electrons. The fourth-order valence-corrected chi connectivity index (χ4v) is 5.96. The van der Waals surface area contributed by atoms with Crippen LogP contribution in [0.3, 0.4) is 0 Å². The number of carbonyl (C=O) groups excluding carboxylic acids is 4. The number of carbonyl (C=O) groups is 4. The lowest BCUT2D eigenvalue weighted by Crippen LogP contribution is -2.13. The van der Waals surface area contributed by atoms with Gasteiger partial charge < -0.3 is 28.4 Å². The molecule has 15 nitrogen and oxygen atoms in total. The minimum absolute atomic E-state index is 0.0528. The van der Waals surface area contributed by atoms with E-state index in [2.05, 4.69) is 33.1 Å². The van der Waals surface area contributed by atoms with Crippen molar-refractivity contribution in [1.29, 1.82) is 5.26 Å². The molecule has 0 aliphatic rings. The molecule has 0 saturated carbocycles. The van der Waals surface area contributed by atoms with Crippen molar-refractivity contribution in [3.63, 3.8) is 0 Å². The van der Waals surface area contributed by atoms with Crippen molar-refractivity contribution >= 4 is 23.9 Å². The summed E-state index contributed by atoms with van der Waals surface area (Å²) in [6, 6.07) is 19.1. The number of nitriles is 1. The van der Waals surface area contributed by atoms with E-state index in [4.69, 9.17) is 28.4 Å². The monoisotopic (exact) mass is 867 g/mol. The number of aromatic nitrogens is 4. The first-order chi connectivity index (χ1) is 31.3. The van der Waals surface area contributed by atoms with Crippen molar-refractivity contribution in [2.75, 3.05) is 26.4 Å². The van der Waals surface area contributed by atoms with Crippen molar-refractivity contribution in [3.8, 4) is 51.8 Å². The fraction of sp³-hybridized carbons (Fsp3) is 0.286. The van der Waals surface area contributed by atoms with Crippen LogP contribution in [0, 0.1) is 11.3 Å². The zero-order chi connectivity index (χ0) is 45.4. The molecule has 0 spiro atoms. The third kappa shape index (κ3) is 15.6. The van der Waals surface area contributed by atoms with Gasteiger partial charge in [-0.25, -0.2) is 39.1 Å². The Bertz CT molecular complexity index is 2360. The van der Waals surface area contributed by atoms with Gasteiger partial charge in [0.15, 0.2) is 34.6 Å². The largest absolute Gasteiger partial charge is 0.490 e. The topological polar surface area (TPSA) is 199 Å². The van der Waals surface area contributed by atoms with E-state index < -0.39 is 23.9 Å². The maximum Gasteiger partial charge on any atom is 0.343 e. The second-order valence-corrected chi connectivity index (χ2v) is 14.2. The van der Waals surface area contributed by atoms with Gasteiger partial charge in [0.05, 0.1) is 74.0 Å². The molecular weight excluding hydrogens is 819 g/mol. The molecule has 3 aromatic carbocycles. The SMILES string of the molecule is C=CC(=O)OCCCCCCCOc1cnc(-c2ccc(C(=O)Oc3ccc(C#N)cc3OC(=O)c3ccc(-c4ncc(OCCCCCCCOC(=O)C=C)cn4)cc3)cc2)nc1. The van der Waals surface area contributed by atoms with Gasteiger partial charge in [-0.05, 0) is 62.1 Å². The molecular formula is C49H49N5O10. The van der Waals surface area contributed by atoms with E-state index in [1.165, 1.54) is 18.2 Å². The summed E-state index contributed by atoms with van der Waals surface area (Å²) in [5.41, 5.74) is 1.93. The maximum absolute atomic E-state index is 13.3. The van der Waals surface area contributed by atoms with Crippen LogP contribution in [0.2, 0.25) is 0 Å². The molecule has 330 valence electrons. The van der Waals surface area contributed by atoms with E-state index in [0.717, 1.165) is 76.4 Å². The molecule has 64 heavy (non-hydrogen) atoms. The van der Waals surface area contributed by atoms with E-state index in [1.54, 1.807) is 73.3 Å². The summed E-state index contributed by atoms with van der Waals surface area (Å²) in [6.07, 6.45) is 17.9. The van der Waals surface area contributed by atoms with Crippen LogP contribution in [0.4, 0.5) is 0 Å². The highest BCUT2D eigenvalue weighted by atomic mass is 16.6. The van der Waals surface area contributed by atoms with Gasteiger partial charge in [-0.15, -0.1) is 0 Å². The Hall–Kier alpha value is -7.73. The van der Waals surface area contributed by atoms with Gasteiger partial charge in [-0.3, -0.25) is 0 Å². The summed E-state index contributed by atoms with van der Waals surface area (Å²) in [5.74, 6) is -0.474. The van der Waals surface area contributed by atoms with Crippen molar-refractivity contribution in [1.82, 2.24) is 19.9 Å². The molecule has 15 heteroatoms. The predicted molar refractivity (Wildman–Crippen MR) is 235 cm³/mol. The van der Waals surface area contributed by atoms with Crippen molar-refractivity contribution in [2.24, 2.45) is 0 Å². The Balaban J connectivity index is 1.06. The van der Waals surface area contributed by atoms with Crippen LogP contribution < -0.4 is 18.9 Å². The summed E-state index contributed by atoms with van der Waals surface area (Å²) in [6.45, 7) is 8.58. The first kappa shape index (κ1) is 47.3. The summed E-state index contributed by atoms with van der Waals surface area (Å²) in [7, 11) is 0. The second-order valence-electron chi connectivity index (χ2n) is 14.2. The molecule has 0 N–H and O–H groups in total. The van der Waals surface area contributed by atoms with Crippen LogP contribution in [0.5, 0.6) is 23.0 Å². The molecule has 0 saturated heterocycles. The number of hydrogen-bond acceptors (Lipinski definition) is 15. The average Bonchev–Trinajstić information content (AvgIpc) is 3.33. The van der Waals surface area contributed by atoms with Crippen LogP contribution >= 0.6 is 0 Å². The third-order valence-electron chi connectivity index (χ3n) is 9.43. The lowest BCUT2D eigenvalue weighted by Gasteiger charge is -2.12. The molecule has 2 heterocycles. The Labute approximate surface area is 371 Å². The van der Waals surface area contributed by atoms with Gasteiger partial charge in [0.25, 0.3) is 0 Å². The Kier molecular flexibility index (Phi) is 19.2. The molecule has 0 aliphatic carbocycles. The smallest absolute Gasteiger partial charge is 0.343 e. The van der Waals surface area contributed by atoms with Crippen molar-refractivity contribution in [3.05, 3.63) is 134 Å². The number of esters is 4. The van der Waals surface area contributed by atoms with Crippen molar-refractivity contribution in [2.45, 2.75) is 64.2 Å². The second kappa shape index (κ2) is 25.9. The third-order valence-corrected chi connectivity index (χ3v) is 9.43. The first-order valence-corrected chi connectivity index (χ1v) is 20.9. The maximum atomic E-state index is 13.3. The lowest BCUT2D eigenvalue weighted by atomic mass is 10.1. The minimum Gasteiger partial charge on any atom is -0.490 e. The zero-order valence-electron chi connectivity index (χ0n) is 35.4. The normalized spacial score (nSPS) is 10.5. The molecule has 0 atom stereocenters. The summed E-state index contributed by atoms with van der Waals surface area (Å²) in [5, 5.41) is 9.52. The number of benzene rings is 3. The van der Waals surface area contributed by atoms with Crippen LogP contribution in [-0.4, -0.2) is 70.2 Å². The van der Waals surface area contributed by atoms with Crippen LogP contribution in [0.25, 0.3) is 22.8 Å². The van der Waals surface area contributed by atoms with Gasteiger partial charge in [0.2, 0.25) is 0 Å². The minimum atomic E-state index is -0.738. The predicted octanol–water partition coefficient (Wildman–Crippen LogP) is 9.03. The summed E-state index contributed by atoms with van der Waals surface area (Å²) < 4.78 is 32.8. The highest BCUT2D eigenvalue weighted by Crippen LogP contribution is 2.31. The van der Waals surface area contributed by atoms with E-state index in [9.17, 15) is 24.4 Å². The van der Waals surface area contributed by atoms with Crippen LogP contribution in [0.1, 0.15) is 90.5 Å². The van der Waals surface area contributed by atoms with Gasteiger partial charge in [0, 0.05) is 29.3 Å². The average molecular weight is 868 g/mol. The lowest BCUT2D eigenvalue weighted by molar-refractivity contribution is -0.138. The number of rotatable bonds is 26. The number of ether oxygens (including phenoxy) is 6. The van der Waals surface area contributed by atoms with E-state index in [-0.39, 0.29) is 28.2 Å². The number of nitrogens with zero attached hydrogens (tertiary/aromatic N) is 5. The molecule has 0 unspecified atom stereocenters. The van der Waals surface area contributed by atoms with E-state index in [1.807, 2.05) is 6.07 Å². The molecule has 0 bridgehead atoms. The standard InChI is InChI=1S/C49H49N5O10/c1-3-44(55)61-27-13-9-5-7-11-25-59-40-31-51-46(52-32-40)36-16-20-38(21-17-36)48(57)63-42-24-15-35(30-50)29-43(42)64-49(58)39-22-18-37(19-23-39)47-53-33-41(34-54-47)60-26-12-8-6-10-14-28-62-45(56)4-2/h3-4,15-24,29,31-34H,1-2,5-14,25-28H2. The van der Waals surface area contributed by atoms with E-state index in [0.29, 0.717) is 60.7 Å². The molecule has 5 rings (SSSR count). The fourth-order valence-electron chi connectivity index (χ4n) is 5.96. The number of hydrogen-bond donors (Lipinski definition) is 0. The highest BCUT2D eigenvalue weighted by Gasteiger charge is 2.18. The molecule has 0 amide bonds. The Morgan fingerprint density at radius 3 is 1.31 bits per heavy atom. The summed E-state index contributed by atoms with van der Waals surface area (Å²) in [4.78, 5) is 66.2. The molecule has 0 aliphatic heterocycles. The van der Waals surface area contributed by atoms with Gasteiger partial charge in [-0.2, -0.15) is 5.26 Å². The van der Waals surface area contributed by atoms with Crippen LogP contribution in [0.15, 0.2) is 117 Å².